The van der Waals surface area contributed by atoms with Gasteiger partial charge in [-0.1, -0.05) is 55.0 Å². The van der Waals surface area contributed by atoms with Crippen LogP contribution in [0.3, 0.4) is 0 Å². The molecule has 2 rings (SSSR count). The minimum atomic E-state index is -3.49. The quantitative estimate of drug-likeness (QED) is 0.559. The van der Waals surface area contributed by atoms with E-state index < -0.39 is 16.1 Å². The molecule has 0 bridgehead atoms. The molecule has 0 aliphatic carbocycles. The number of carbonyl (C=O) groups is 2. The van der Waals surface area contributed by atoms with E-state index in [-0.39, 0.29) is 24.8 Å². The highest BCUT2D eigenvalue weighted by atomic mass is 32.2. The maximum absolute atomic E-state index is 13.2. The number of nitrogens with zero attached hydrogens (tertiary/aromatic N) is 2. The summed E-state index contributed by atoms with van der Waals surface area (Å²) in [7, 11) is -1.93. The first-order valence-electron chi connectivity index (χ1n) is 10.8. The predicted molar refractivity (Wildman–Crippen MR) is 128 cm³/mol. The molecule has 1 N–H and O–H groups in total. The number of nitrogens with one attached hydrogen (secondary N) is 1. The number of hydrogen-bond donors (Lipinski definition) is 1. The van der Waals surface area contributed by atoms with Crippen molar-refractivity contribution in [3.05, 3.63) is 65.7 Å². The number of rotatable bonds is 11. The number of benzene rings is 2. The van der Waals surface area contributed by atoms with Gasteiger partial charge in [-0.3, -0.25) is 13.9 Å². The summed E-state index contributed by atoms with van der Waals surface area (Å²) in [5, 5.41) is 2.64. The summed E-state index contributed by atoms with van der Waals surface area (Å²) in [6.07, 6.45) is 2.12. The molecule has 32 heavy (non-hydrogen) atoms. The van der Waals surface area contributed by atoms with Crippen molar-refractivity contribution >= 4 is 27.5 Å². The lowest BCUT2D eigenvalue weighted by atomic mass is 10.1. The number of aryl methyl sites for hydroxylation is 1. The molecular weight excluding hydrogens is 426 g/mol. The van der Waals surface area contributed by atoms with Crippen LogP contribution in [0.15, 0.2) is 54.6 Å². The first-order chi connectivity index (χ1) is 15.2. The Morgan fingerprint density at radius 2 is 1.66 bits per heavy atom. The molecular formula is C24H33N3O4S. The summed E-state index contributed by atoms with van der Waals surface area (Å²) >= 11 is 0. The Morgan fingerprint density at radius 3 is 2.19 bits per heavy atom. The van der Waals surface area contributed by atoms with Crippen molar-refractivity contribution in [3.8, 4) is 0 Å². The van der Waals surface area contributed by atoms with E-state index in [1.165, 1.54) is 4.31 Å². The first-order valence-corrected chi connectivity index (χ1v) is 12.6. The molecule has 0 saturated heterocycles. The van der Waals surface area contributed by atoms with Gasteiger partial charge in [0.15, 0.2) is 0 Å². The predicted octanol–water partition coefficient (Wildman–Crippen LogP) is 3.09. The van der Waals surface area contributed by atoms with E-state index in [0.717, 1.165) is 17.4 Å². The minimum Gasteiger partial charge on any atom is -0.357 e. The Bertz CT molecular complexity index is 992. The summed E-state index contributed by atoms with van der Waals surface area (Å²) in [4.78, 5) is 27.2. The van der Waals surface area contributed by atoms with Gasteiger partial charge in [0.05, 0.1) is 11.9 Å². The summed E-state index contributed by atoms with van der Waals surface area (Å²) < 4.78 is 26.0. The lowest BCUT2D eigenvalue weighted by molar-refractivity contribution is -0.141. The molecule has 0 heterocycles. The van der Waals surface area contributed by atoms with Gasteiger partial charge in [0.2, 0.25) is 21.8 Å². The number of sulfonamides is 1. The Hall–Kier alpha value is -2.87. The molecule has 7 nitrogen and oxygen atoms in total. The molecule has 0 fully saturated rings. The SMILES string of the molecule is CC[C@H](C(=O)NC)N(Cc1ccccc1)C(=O)CCCN(c1ccc(C)cc1)S(C)(=O)=O. The van der Waals surface area contributed by atoms with Gasteiger partial charge in [-0.05, 0) is 37.5 Å². The Morgan fingerprint density at radius 1 is 1.03 bits per heavy atom. The van der Waals surface area contributed by atoms with Crippen LogP contribution in [0.1, 0.15) is 37.3 Å². The number of carbonyl (C=O) groups excluding carboxylic acids is 2. The largest absolute Gasteiger partial charge is 0.357 e. The summed E-state index contributed by atoms with van der Waals surface area (Å²) in [5.74, 6) is -0.393. The zero-order valence-corrected chi connectivity index (χ0v) is 20.1. The normalized spacial score (nSPS) is 12.1. The van der Waals surface area contributed by atoms with Crippen molar-refractivity contribution in [2.24, 2.45) is 0 Å². The van der Waals surface area contributed by atoms with Crippen LogP contribution in [0.5, 0.6) is 0 Å². The van der Waals surface area contributed by atoms with Crippen LogP contribution in [0, 0.1) is 6.92 Å². The molecule has 2 aromatic rings. The van der Waals surface area contributed by atoms with Crippen LogP contribution in [0.4, 0.5) is 5.69 Å². The lowest BCUT2D eigenvalue weighted by Crippen LogP contribution is -2.48. The lowest BCUT2D eigenvalue weighted by Gasteiger charge is -2.30. The molecule has 0 aromatic heterocycles. The fraction of sp³-hybridized carbons (Fsp3) is 0.417. The molecule has 0 radical (unpaired) electrons. The topological polar surface area (TPSA) is 86.8 Å². The van der Waals surface area contributed by atoms with Crippen LogP contribution < -0.4 is 9.62 Å². The van der Waals surface area contributed by atoms with E-state index >= 15 is 0 Å². The highest BCUT2D eigenvalue weighted by Crippen LogP contribution is 2.20. The maximum atomic E-state index is 13.2. The molecule has 2 amide bonds. The molecule has 8 heteroatoms. The van der Waals surface area contributed by atoms with Gasteiger partial charge in [0, 0.05) is 26.6 Å². The van der Waals surface area contributed by atoms with Gasteiger partial charge < -0.3 is 10.2 Å². The Kier molecular flexibility index (Phi) is 9.26. The standard InChI is InChI=1S/C24H33N3O4S/c1-5-22(24(29)25-3)26(18-20-10-7-6-8-11-20)23(28)12-9-17-27(32(4,30)31)21-15-13-19(2)14-16-21/h6-8,10-11,13-16,22H,5,9,12,17-18H2,1-4H3,(H,25,29)/t22-/m1/s1. The maximum Gasteiger partial charge on any atom is 0.242 e. The monoisotopic (exact) mass is 459 g/mol. The van der Waals surface area contributed by atoms with E-state index in [9.17, 15) is 18.0 Å². The summed E-state index contributed by atoms with van der Waals surface area (Å²) in [6, 6.07) is 16.2. The van der Waals surface area contributed by atoms with E-state index in [4.69, 9.17) is 0 Å². The molecule has 0 saturated carbocycles. The second-order valence-electron chi connectivity index (χ2n) is 7.82. The fourth-order valence-corrected chi connectivity index (χ4v) is 4.55. The second-order valence-corrected chi connectivity index (χ2v) is 9.73. The van der Waals surface area contributed by atoms with Crippen molar-refractivity contribution in [3.63, 3.8) is 0 Å². The fourth-order valence-electron chi connectivity index (χ4n) is 3.58. The third-order valence-corrected chi connectivity index (χ3v) is 6.50. The van der Waals surface area contributed by atoms with Crippen LogP contribution in [0.2, 0.25) is 0 Å². The minimum absolute atomic E-state index is 0.137. The summed E-state index contributed by atoms with van der Waals surface area (Å²) in [6.45, 7) is 4.31. The van der Waals surface area contributed by atoms with Gasteiger partial charge in [0.1, 0.15) is 6.04 Å². The van der Waals surface area contributed by atoms with Gasteiger partial charge in [-0.25, -0.2) is 8.42 Å². The third kappa shape index (κ3) is 7.09. The smallest absolute Gasteiger partial charge is 0.242 e. The number of anilines is 1. The number of hydrogen-bond acceptors (Lipinski definition) is 4. The average Bonchev–Trinajstić information content (AvgIpc) is 2.77. The van der Waals surface area contributed by atoms with E-state index in [1.54, 1.807) is 24.1 Å². The van der Waals surface area contributed by atoms with E-state index in [2.05, 4.69) is 5.32 Å². The van der Waals surface area contributed by atoms with Gasteiger partial charge in [-0.15, -0.1) is 0 Å². The number of likely N-dealkylation sites (N-methyl/N-ethyl adjacent to an activating group) is 1. The van der Waals surface area contributed by atoms with Gasteiger partial charge in [-0.2, -0.15) is 0 Å². The zero-order chi connectivity index (χ0) is 23.7. The van der Waals surface area contributed by atoms with Crippen molar-refractivity contribution < 1.29 is 18.0 Å². The number of amides is 2. The summed E-state index contributed by atoms with van der Waals surface area (Å²) in [5.41, 5.74) is 2.54. The average molecular weight is 460 g/mol. The van der Waals surface area contributed by atoms with Gasteiger partial charge in [0.25, 0.3) is 0 Å². The molecule has 174 valence electrons. The molecule has 0 unspecified atom stereocenters. The Balaban J connectivity index is 2.15. The molecule has 0 spiro atoms. The molecule has 0 aliphatic rings. The molecule has 1 atom stereocenters. The van der Waals surface area contributed by atoms with E-state index in [0.29, 0.717) is 25.1 Å². The zero-order valence-electron chi connectivity index (χ0n) is 19.2. The highest BCUT2D eigenvalue weighted by molar-refractivity contribution is 7.92. The van der Waals surface area contributed by atoms with Crippen LogP contribution >= 0.6 is 0 Å². The van der Waals surface area contributed by atoms with Crippen molar-refractivity contribution in [2.45, 2.75) is 45.7 Å². The highest BCUT2D eigenvalue weighted by Gasteiger charge is 2.28. The van der Waals surface area contributed by atoms with Crippen LogP contribution in [0.25, 0.3) is 0 Å². The van der Waals surface area contributed by atoms with E-state index in [1.807, 2.05) is 56.3 Å². The van der Waals surface area contributed by atoms with Crippen LogP contribution in [-0.4, -0.2) is 51.0 Å². The Labute approximate surface area is 191 Å². The molecule has 2 aromatic carbocycles. The van der Waals surface area contributed by atoms with Crippen LogP contribution in [-0.2, 0) is 26.2 Å². The molecule has 0 aliphatic heterocycles. The second kappa shape index (κ2) is 11.7. The van der Waals surface area contributed by atoms with Crippen molar-refractivity contribution in [2.75, 3.05) is 24.2 Å². The van der Waals surface area contributed by atoms with Crippen molar-refractivity contribution in [1.29, 1.82) is 0 Å². The first kappa shape index (κ1) is 25.4. The van der Waals surface area contributed by atoms with Crippen molar-refractivity contribution in [1.82, 2.24) is 10.2 Å². The van der Waals surface area contributed by atoms with Gasteiger partial charge >= 0.3 is 0 Å². The third-order valence-electron chi connectivity index (χ3n) is 5.30.